The van der Waals surface area contributed by atoms with Crippen molar-refractivity contribution in [1.82, 2.24) is 0 Å². The van der Waals surface area contributed by atoms with E-state index in [4.69, 9.17) is 21.1 Å². The molecule has 1 unspecified atom stereocenters. The molecule has 0 amide bonds. The van der Waals surface area contributed by atoms with Gasteiger partial charge in [0.1, 0.15) is 13.2 Å². The number of halogens is 2. The van der Waals surface area contributed by atoms with Gasteiger partial charge in [-0.3, -0.25) is 0 Å². The van der Waals surface area contributed by atoms with Crippen LogP contribution in [0.4, 0.5) is 0 Å². The summed E-state index contributed by atoms with van der Waals surface area (Å²) in [5, 5.41) is -0.222. The van der Waals surface area contributed by atoms with Gasteiger partial charge in [0.15, 0.2) is 11.5 Å². The van der Waals surface area contributed by atoms with Crippen LogP contribution in [-0.2, 0) is 0 Å². The molecule has 2 nitrogen and oxygen atoms in total. The molecule has 2 aromatic carbocycles. The molecule has 4 heteroatoms. The lowest BCUT2D eigenvalue weighted by Gasteiger charge is -2.20. The average molecular weight is 354 g/mol. The van der Waals surface area contributed by atoms with E-state index in [2.05, 4.69) is 28.9 Å². The highest BCUT2D eigenvalue weighted by atomic mass is 79.9. The van der Waals surface area contributed by atoms with Gasteiger partial charge in [0.05, 0.1) is 5.38 Å². The molecular formula is C16H14BrClO2. The third kappa shape index (κ3) is 2.52. The number of hydrogen-bond acceptors (Lipinski definition) is 2. The molecule has 0 radical (unpaired) electrons. The fraction of sp³-hybridized carbons (Fsp3) is 0.250. The summed E-state index contributed by atoms with van der Waals surface area (Å²) in [5.74, 6) is 1.55. The molecule has 1 atom stereocenters. The summed E-state index contributed by atoms with van der Waals surface area (Å²) in [5.41, 5.74) is 3.23. The topological polar surface area (TPSA) is 18.5 Å². The minimum absolute atomic E-state index is 0.222. The van der Waals surface area contributed by atoms with Crippen LogP contribution in [0.15, 0.2) is 40.9 Å². The first-order valence-corrected chi connectivity index (χ1v) is 7.68. The Balaban J connectivity index is 1.98. The van der Waals surface area contributed by atoms with Gasteiger partial charge < -0.3 is 9.47 Å². The maximum atomic E-state index is 6.62. The molecule has 1 aliphatic heterocycles. The monoisotopic (exact) mass is 352 g/mol. The van der Waals surface area contributed by atoms with Crippen LogP contribution in [0.2, 0.25) is 0 Å². The summed E-state index contributed by atoms with van der Waals surface area (Å²) in [7, 11) is 0. The summed E-state index contributed by atoms with van der Waals surface area (Å²) in [6.07, 6.45) is 0. The number of benzene rings is 2. The molecule has 2 aromatic rings. The van der Waals surface area contributed by atoms with Crippen molar-refractivity contribution in [2.45, 2.75) is 12.3 Å². The Morgan fingerprint density at radius 2 is 1.85 bits per heavy atom. The lowest BCUT2D eigenvalue weighted by molar-refractivity contribution is 0.171. The molecule has 0 saturated carbocycles. The van der Waals surface area contributed by atoms with Crippen LogP contribution < -0.4 is 9.47 Å². The van der Waals surface area contributed by atoms with Crippen LogP contribution in [0.5, 0.6) is 11.5 Å². The zero-order valence-electron chi connectivity index (χ0n) is 11.0. The third-order valence-electron chi connectivity index (χ3n) is 3.35. The van der Waals surface area contributed by atoms with Gasteiger partial charge in [-0.25, -0.2) is 0 Å². The number of alkyl halides is 1. The fourth-order valence-corrected chi connectivity index (χ4v) is 3.21. The van der Waals surface area contributed by atoms with Crippen LogP contribution in [0, 0.1) is 6.92 Å². The average Bonchev–Trinajstić information content (AvgIpc) is 2.49. The van der Waals surface area contributed by atoms with Crippen LogP contribution in [0.3, 0.4) is 0 Å². The van der Waals surface area contributed by atoms with Crippen LogP contribution in [0.25, 0.3) is 0 Å². The van der Waals surface area contributed by atoms with Crippen molar-refractivity contribution in [2.75, 3.05) is 13.2 Å². The molecule has 104 valence electrons. The van der Waals surface area contributed by atoms with Gasteiger partial charge in [-0.15, -0.1) is 11.6 Å². The molecule has 0 aromatic heterocycles. The van der Waals surface area contributed by atoms with Crippen LogP contribution in [0.1, 0.15) is 22.1 Å². The molecule has 1 heterocycles. The first-order chi connectivity index (χ1) is 9.66. The van der Waals surface area contributed by atoms with Gasteiger partial charge in [-0.2, -0.15) is 0 Å². The molecule has 1 aliphatic rings. The van der Waals surface area contributed by atoms with Gasteiger partial charge in [0.2, 0.25) is 0 Å². The standard InChI is InChI=1S/C16H14BrClO2/c1-10-3-2-4-12(15(10)17)16(18)11-5-6-13-14(9-11)20-8-7-19-13/h2-6,9,16H,7-8H2,1H3. The summed E-state index contributed by atoms with van der Waals surface area (Å²) in [6.45, 7) is 3.23. The van der Waals surface area contributed by atoms with E-state index in [-0.39, 0.29) is 5.38 Å². The molecule has 0 saturated heterocycles. The minimum Gasteiger partial charge on any atom is -0.486 e. The number of hydrogen-bond donors (Lipinski definition) is 0. The number of aryl methyl sites for hydroxylation is 1. The predicted octanol–water partition coefficient (Wildman–Crippen LogP) is 4.86. The largest absolute Gasteiger partial charge is 0.486 e. The summed E-state index contributed by atoms with van der Waals surface area (Å²) < 4.78 is 12.2. The van der Waals surface area contributed by atoms with Gasteiger partial charge in [-0.05, 0) is 35.7 Å². The quantitative estimate of drug-likeness (QED) is 0.718. The normalized spacial score (nSPS) is 14.9. The second-order valence-corrected chi connectivity index (χ2v) is 5.97. The number of ether oxygens (including phenoxy) is 2. The Morgan fingerprint density at radius 1 is 1.10 bits per heavy atom. The molecule has 0 bridgehead atoms. The van der Waals surface area contributed by atoms with Gasteiger partial charge in [0, 0.05) is 4.47 Å². The van der Waals surface area contributed by atoms with Crippen molar-refractivity contribution in [3.8, 4) is 11.5 Å². The third-order valence-corrected chi connectivity index (χ3v) is 4.92. The fourth-order valence-electron chi connectivity index (χ4n) is 2.26. The van der Waals surface area contributed by atoms with E-state index < -0.39 is 0 Å². The van der Waals surface area contributed by atoms with E-state index in [9.17, 15) is 0 Å². The summed E-state index contributed by atoms with van der Waals surface area (Å²) in [6, 6.07) is 12.0. The Labute approximate surface area is 131 Å². The first kappa shape index (κ1) is 13.8. The van der Waals surface area contributed by atoms with Crippen molar-refractivity contribution in [2.24, 2.45) is 0 Å². The smallest absolute Gasteiger partial charge is 0.161 e. The van der Waals surface area contributed by atoms with Crippen LogP contribution >= 0.6 is 27.5 Å². The van der Waals surface area contributed by atoms with Gasteiger partial charge in [0.25, 0.3) is 0 Å². The van der Waals surface area contributed by atoms with Crippen molar-refractivity contribution in [3.63, 3.8) is 0 Å². The molecule has 3 rings (SSSR count). The van der Waals surface area contributed by atoms with Crippen molar-refractivity contribution >= 4 is 27.5 Å². The summed E-state index contributed by atoms with van der Waals surface area (Å²) >= 11 is 10.2. The van der Waals surface area contributed by atoms with Crippen molar-refractivity contribution < 1.29 is 9.47 Å². The zero-order chi connectivity index (χ0) is 14.1. The van der Waals surface area contributed by atoms with E-state index in [1.165, 1.54) is 5.56 Å². The van der Waals surface area contributed by atoms with E-state index in [1.54, 1.807) is 0 Å². The molecule has 20 heavy (non-hydrogen) atoms. The molecule has 0 spiro atoms. The lowest BCUT2D eigenvalue weighted by atomic mass is 10.0. The molecule has 0 aliphatic carbocycles. The predicted molar refractivity (Wildman–Crippen MR) is 84.0 cm³/mol. The SMILES string of the molecule is Cc1cccc(C(Cl)c2ccc3c(c2)OCCO3)c1Br. The number of rotatable bonds is 2. The highest BCUT2D eigenvalue weighted by molar-refractivity contribution is 9.10. The summed E-state index contributed by atoms with van der Waals surface area (Å²) in [4.78, 5) is 0. The highest BCUT2D eigenvalue weighted by Crippen LogP contribution is 2.39. The van der Waals surface area contributed by atoms with Crippen molar-refractivity contribution in [3.05, 3.63) is 57.6 Å². The minimum atomic E-state index is -0.222. The highest BCUT2D eigenvalue weighted by Gasteiger charge is 2.18. The van der Waals surface area contributed by atoms with Gasteiger partial charge in [-0.1, -0.05) is 40.2 Å². The maximum Gasteiger partial charge on any atom is 0.161 e. The maximum absolute atomic E-state index is 6.62. The number of fused-ring (bicyclic) bond motifs is 1. The Bertz CT molecular complexity index is 642. The molecular weight excluding hydrogens is 340 g/mol. The van der Waals surface area contributed by atoms with Crippen molar-refractivity contribution in [1.29, 1.82) is 0 Å². The molecule has 0 N–H and O–H groups in total. The Hall–Kier alpha value is -1.19. The second-order valence-electron chi connectivity index (χ2n) is 4.74. The van der Waals surface area contributed by atoms with Crippen LogP contribution in [-0.4, -0.2) is 13.2 Å². The lowest BCUT2D eigenvalue weighted by Crippen LogP contribution is -2.15. The second kappa shape index (κ2) is 5.66. The Kier molecular flexibility index (Phi) is 3.90. The van der Waals surface area contributed by atoms with E-state index >= 15 is 0 Å². The zero-order valence-corrected chi connectivity index (χ0v) is 13.4. The Morgan fingerprint density at radius 3 is 2.65 bits per heavy atom. The van der Waals surface area contributed by atoms with E-state index in [0.717, 1.165) is 27.1 Å². The first-order valence-electron chi connectivity index (χ1n) is 6.45. The van der Waals surface area contributed by atoms with Gasteiger partial charge >= 0.3 is 0 Å². The van der Waals surface area contributed by atoms with E-state index in [1.807, 2.05) is 30.3 Å². The molecule has 0 fully saturated rings. The van der Waals surface area contributed by atoms with E-state index in [0.29, 0.717) is 13.2 Å².